The summed E-state index contributed by atoms with van der Waals surface area (Å²) in [6, 6.07) is 0. The second-order valence-corrected chi connectivity index (χ2v) is 3.18. The van der Waals surface area contributed by atoms with Gasteiger partial charge in [0.2, 0.25) is 0 Å². The third kappa shape index (κ3) is 0.633. The number of fused-ring (bicyclic) bond motifs is 1. The predicted octanol–water partition coefficient (Wildman–Crippen LogP) is 1.83. The van der Waals surface area contributed by atoms with Crippen LogP contribution in [0.4, 0.5) is 0 Å². The largest absolute Gasteiger partial charge is 0.364 e. The number of hydrogen-bond acceptors (Lipinski definition) is 1. The highest BCUT2D eigenvalue weighted by Gasteiger charge is 2.42. The first-order valence-corrected chi connectivity index (χ1v) is 3.68. The Morgan fingerprint density at radius 2 is 2.62 bits per heavy atom. The van der Waals surface area contributed by atoms with Crippen LogP contribution in [-0.4, -0.2) is 12.2 Å². The Labute approximate surface area is 56.8 Å². The lowest BCUT2D eigenvalue weighted by molar-refractivity contribution is 0.384. The third-order valence-electron chi connectivity index (χ3n) is 1.64. The van der Waals surface area contributed by atoms with E-state index in [1.165, 1.54) is 17.3 Å². The van der Waals surface area contributed by atoms with E-state index in [-0.39, 0.29) is 0 Å². The van der Waals surface area contributed by atoms with Crippen molar-refractivity contribution in [2.24, 2.45) is 0 Å². The predicted molar refractivity (Wildman–Crippen MR) is 34.9 cm³/mol. The van der Waals surface area contributed by atoms with Gasteiger partial charge in [-0.15, -0.1) is 0 Å². The van der Waals surface area contributed by atoms with Crippen molar-refractivity contribution in [3.8, 4) is 0 Å². The number of rotatable bonds is 0. The second-order valence-electron chi connectivity index (χ2n) is 2.26. The summed E-state index contributed by atoms with van der Waals surface area (Å²) in [6.45, 7) is 0. The standard InChI is InChI=1S/C6H7BrO/c7-4-2-1-3-5-6(4)8-5/h2,5-6H,1,3H2. The molecule has 0 spiro atoms. The van der Waals surface area contributed by atoms with Crippen LogP contribution in [0.15, 0.2) is 10.6 Å². The zero-order chi connectivity index (χ0) is 5.56. The van der Waals surface area contributed by atoms with Gasteiger partial charge in [-0.3, -0.25) is 0 Å². The maximum absolute atomic E-state index is 5.27. The van der Waals surface area contributed by atoms with Crippen molar-refractivity contribution >= 4 is 15.9 Å². The molecule has 0 amide bonds. The van der Waals surface area contributed by atoms with Gasteiger partial charge >= 0.3 is 0 Å². The van der Waals surface area contributed by atoms with Crippen LogP contribution >= 0.6 is 15.9 Å². The topological polar surface area (TPSA) is 12.5 Å². The fraction of sp³-hybridized carbons (Fsp3) is 0.667. The Bertz CT molecular complexity index is 141. The molecule has 1 heterocycles. The highest BCUT2D eigenvalue weighted by atomic mass is 79.9. The molecule has 0 N–H and O–H groups in total. The molecule has 0 aromatic heterocycles. The summed E-state index contributed by atoms with van der Waals surface area (Å²) < 4.78 is 6.53. The lowest BCUT2D eigenvalue weighted by Gasteiger charge is -1.98. The normalized spacial score (nSPS) is 42.9. The Hall–Kier alpha value is 0.180. The van der Waals surface area contributed by atoms with E-state index in [1.807, 2.05) is 0 Å². The Morgan fingerprint density at radius 1 is 1.75 bits per heavy atom. The van der Waals surface area contributed by atoms with Gasteiger partial charge in [-0.2, -0.15) is 0 Å². The highest BCUT2D eigenvalue weighted by Crippen LogP contribution is 2.39. The van der Waals surface area contributed by atoms with Gasteiger partial charge in [0.1, 0.15) is 6.10 Å². The van der Waals surface area contributed by atoms with E-state index in [9.17, 15) is 0 Å². The summed E-state index contributed by atoms with van der Waals surface area (Å²) in [4.78, 5) is 0. The molecule has 44 valence electrons. The zero-order valence-corrected chi connectivity index (χ0v) is 6.02. The maximum atomic E-state index is 5.27. The SMILES string of the molecule is BrC1=CCCC2OC12. The molecule has 0 saturated carbocycles. The van der Waals surface area contributed by atoms with E-state index >= 15 is 0 Å². The van der Waals surface area contributed by atoms with Crippen LogP contribution < -0.4 is 0 Å². The summed E-state index contributed by atoms with van der Waals surface area (Å²) in [5.74, 6) is 0. The van der Waals surface area contributed by atoms with E-state index < -0.39 is 0 Å². The first kappa shape index (κ1) is 5.00. The molecule has 2 heteroatoms. The Morgan fingerprint density at radius 3 is 3.25 bits per heavy atom. The molecule has 1 saturated heterocycles. The van der Waals surface area contributed by atoms with Gasteiger partial charge in [-0.25, -0.2) is 0 Å². The van der Waals surface area contributed by atoms with Crippen molar-refractivity contribution < 1.29 is 4.74 Å². The van der Waals surface area contributed by atoms with Crippen LogP contribution in [0.25, 0.3) is 0 Å². The Balaban J connectivity index is 2.18. The molecule has 1 fully saturated rings. The van der Waals surface area contributed by atoms with E-state index in [4.69, 9.17) is 4.74 Å². The van der Waals surface area contributed by atoms with Gasteiger partial charge in [0.25, 0.3) is 0 Å². The average molecular weight is 175 g/mol. The van der Waals surface area contributed by atoms with Crippen LogP contribution in [0, 0.1) is 0 Å². The molecule has 0 radical (unpaired) electrons. The maximum Gasteiger partial charge on any atom is 0.115 e. The number of epoxide rings is 1. The van der Waals surface area contributed by atoms with Crippen molar-refractivity contribution in [3.05, 3.63) is 10.6 Å². The number of halogens is 1. The summed E-state index contributed by atoms with van der Waals surface area (Å²) in [5, 5.41) is 0. The number of hydrogen-bond donors (Lipinski definition) is 0. The third-order valence-corrected chi connectivity index (χ3v) is 2.42. The quantitative estimate of drug-likeness (QED) is 0.511. The monoisotopic (exact) mass is 174 g/mol. The molecule has 1 nitrogen and oxygen atoms in total. The van der Waals surface area contributed by atoms with E-state index in [0.29, 0.717) is 12.2 Å². The lowest BCUT2D eigenvalue weighted by Crippen LogP contribution is -1.98. The van der Waals surface area contributed by atoms with Crippen LogP contribution in [-0.2, 0) is 4.74 Å². The zero-order valence-electron chi connectivity index (χ0n) is 4.43. The fourth-order valence-electron chi connectivity index (χ4n) is 1.11. The van der Waals surface area contributed by atoms with Gasteiger partial charge in [-0.05, 0) is 12.8 Å². The van der Waals surface area contributed by atoms with Crippen molar-refractivity contribution in [1.82, 2.24) is 0 Å². The van der Waals surface area contributed by atoms with Crippen LogP contribution in [0.3, 0.4) is 0 Å². The van der Waals surface area contributed by atoms with Crippen molar-refractivity contribution in [3.63, 3.8) is 0 Å². The summed E-state index contributed by atoms with van der Waals surface area (Å²) in [7, 11) is 0. The molecule has 0 bridgehead atoms. The van der Waals surface area contributed by atoms with Gasteiger partial charge in [0.15, 0.2) is 0 Å². The van der Waals surface area contributed by atoms with Gasteiger partial charge in [0, 0.05) is 4.48 Å². The smallest absolute Gasteiger partial charge is 0.115 e. The summed E-state index contributed by atoms with van der Waals surface area (Å²) in [5.41, 5.74) is 0. The molecule has 2 rings (SSSR count). The molecule has 0 aromatic rings. The minimum Gasteiger partial charge on any atom is -0.364 e. The van der Waals surface area contributed by atoms with Crippen molar-refractivity contribution in [2.45, 2.75) is 25.0 Å². The van der Waals surface area contributed by atoms with Gasteiger partial charge < -0.3 is 4.74 Å². The van der Waals surface area contributed by atoms with Crippen molar-refractivity contribution in [1.29, 1.82) is 0 Å². The minimum atomic E-state index is 0.448. The highest BCUT2D eigenvalue weighted by molar-refractivity contribution is 9.11. The summed E-state index contributed by atoms with van der Waals surface area (Å²) in [6.07, 6.45) is 5.62. The molecule has 1 aliphatic heterocycles. The first-order chi connectivity index (χ1) is 3.88. The van der Waals surface area contributed by atoms with Crippen LogP contribution in [0.5, 0.6) is 0 Å². The number of allylic oxidation sites excluding steroid dienone is 1. The average Bonchev–Trinajstić information content (AvgIpc) is 2.45. The molecule has 8 heavy (non-hydrogen) atoms. The van der Waals surface area contributed by atoms with E-state index in [0.717, 1.165) is 0 Å². The molecule has 0 aromatic carbocycles. The molecular formula is C6H7BrO. The number of ether oxygens (including phenoxy) is 1. The molecule has 2 unspecified atom stereocenters. The molecular weight excluding hydrogens is 168 g/mol. The summed E-state index contributed by atoms with van der Waals surface area (Å²) >= 11 is 3.43. The van der Waals surface area contributed by atoms with Crippen molar-refractivity contribution in [2.75, 3.05) is 0 Å². The molecule has 1 aliphatic carbocycles. The van der Waals surface area contributed by atoms with Gasteiger partial charge in [0.05, 0.1) is 6.10 Å². The molecule has 2 atom stereocenters. The lowest BCUT2D eigenvalue weighted by atomic mass is 10.1. The van der Waals surface area contributed by atoms with Crippen LogP contribution in [0.2, 0.25) is 0 Å². The van der Waals surface area contributed by atoms with Crippen LogP contribution in [0.1, 0.15) is 12.8 Å². The Kier molecular flexibility index (Phi) is 0.987. The second kappa shape index (κ2) is 1.58. The minimum absolute atomic E-state index is 0.448. The fourth-order valence-corrected chi connectivity index (χ4v) is 1.74. The van der Waals surface area contributed by atoms with E-state index in [1.54, 1.807) is 0 Å². The molecule has 2 aliphatic rings. The first-order valence-electron chi connectivity index (χ1n) is 2.89. The van der Waals surface area contributed by atoms with Gasteiger partial charge in [-0.1, -0.05) is 22.0 Å². The van der Waals surface area contributed by atoms with E-state index in [2.05, 4.69) is 22.0 Å².